The summed E-state index contributed by atoms with van der Waals surface area (Å²) in [6.07, 6.45) is 0.431. The van der Waals surface area contributed by atoms with Gasteiger partial charge in [0.1, 0.15) is 44.0 Å². The van der Waals surface area contributed by atoms with Crippen LogP contribution in [0.4, 0.5) is 5.82 Å². The van der Waals surface area contributed by atoms with Gasteiger partial charge in [0.05, 0.1) is 63.5 Å². The number of amides is 1. The fourth-order valence-corrected chi connectivity index (χ4v) is 11.6. The van der Waals surface area contributed by atoms with Crippen molar-refractivity contribution in [2.75, 3.05) is 25.1 Å². The third kappa shape index (κ3) is 11.2. The number of hydrogen-bond donors (Lipinski definition) is 4. The first-order chi connectivity index (χ1) is 32.3. The molecule has 5 N–H and O–H groups in total. The van der Waals surface area contributed by atoms with Crippen LogP contribution in [0.25, 0.3) is 22.3 Å². The number of nitrogens with one attached hydrogen (secondary N) is 3. The van der Waals surface area contributed by atoms with E-state index in [-0.39, 0.29) is 91.6 Å². The van der Waals surface area contributed by atoms with E-state index in [1.54, 1.807) is 53.6 Å². The highest BCUT2D eigenvalue weighted by molar-refractivity contribution is 8.09. The van der Waals surface area contributed by atoms with Crippen LogP contribution in [0.2, 0.25) is 18.1 Å². The first-order valence-corrected chi connectivity index (χ1v) is 29.4. The lowest BCUT2D eigenvalue weighted by molar-refractivity contribution is -0.121. The number of rotatable bonds is 20. The standard InChI is InChI=1S/C42H56N12O9P2S2Si/c1-23(2)26(55)17-29-49-37-33(39(57)50-29)48-22-54(37)40-24(3)30(44)27(61-40)19-60-65(67,59-16-12-15-43)52-31-28(18-58-64-66)62-41(34(31)63-68(7,8)42(4,5)6)53-21-47-32-35(45-20-46-36(32)53)51-38(56)25-13-10-9-11-14-25/h9-11,13-14,20-24,27-28,30-31,34,40-41H,12,16-19,44H2,1-8H3,(H,52,67)(H,49,50,57)(H,45,46,51,56)/t24-,27-,28-,30+,31-,34-,40-,41-,65?/m1/s1. The number of nitriles is 1. The maximum absolute atomic E-state index is 13.2. The number of fused-ring (bicyclic) bond motifs is 2. The topological polar surface area (TPSA) is 271 Å². The number of H-pyrrole nitrogens is 1. The number of aromatic amines is 1. The SMILES string of the molecule is CC(C)C(=O)Cc1nc2c(ncn2[C@@H]2O[C@H](COP(=S)(N[C@H]3[C@@H](O[Si](C)(C)C(C)(C)C)[C@H](n4cnc5c(NC(=O)c6ccccc6)ncnc54)O[C@@H]3COP=S)OCCC#N)[C@@H](N)[C@H]2C)c(=O)[nH]1. The summed E-state index contributed by atoms with van der Waals surface area (Å²) < 4.78 is 42.7. The number of Topliss-reactive ketones (excluding diaryl/α,β-unsaturated/α-hetero) is 1. The van der Waals surface area contributed by atoms with Crippen molar-refractivity contribution in [2.45, 2.75) is 115 Å². The molecule has 1 amide bonds. The summed E-state index contributed by atoms with van der Waals surface area (Å²) in [6.45, 7) is 12.3. The maximum Gasteiger partial charge on any atom is 0.279 e. The van der Waals surface area contributed by atoms with Gasteiger partial charge < -0.3 is 43.5 Å². The molecule has 21 nitrogen and oxygen atoms in total. The molecule has 4 aromatic heterocycles. The number of hydrogen-bond acceptors (Lipinski definition) is 18. The molecule has 0 radical (unpaired) electrons. The van der Waals surface area contributed by atoms with E-state index in [0.717, 1.165) is 0 Å². The fraction of sp³-hybridized carbons (Fsp3) is 0.548. The van der Waals surface area contributed by atoms with Crippen LogP contribution in [0.1, 0.15) is 76.6 Å². The minimum Gasteiger partial charge on any atom is -0.408 e. The van der Waals surface area contributed by atoms with E-state index in [0.29, 0.717) is 16.7 Å². The monoisotopic (exact) mass is 1030 g/mol. The van der Waals surface area contributed by atoms with Crippen molar-refractivity contribution in [1.29, 1.82) is 5.26 Å². The van der Waals surface area contributed by atoms with Gasteiger partial charge in [0.2, 0.25) is 0 Å². The molecule has 7 rings (SSSR count). The summed E-state index contributed by atoms with van der Waals surface area (Å²) in [5, 5.41) is 15.6. The Morgan fingerprint density at radius 2 is 1.72 bits per heavy atom. The lowest BCUT2D eigenvalue weighted by Gasteiger charge is -2.41. The molecular weight excluding hydrogens is 971 g/mol. The van der Waals surface area contributed by atoms with Gasteiger partial charge in [-0.1, -0.05) is 59.7 Å². The Bertz CT molecular complexity index is 2790. The van der Waals surface area contributed by atoms with Crippen LogP contribution in [0, 0.1) is 23.2 Å². The summed E-state index contributed by atoms with van der Waals surface area (Å²) >= 11 is 11.4. The second-order valence-corrected chi connectivity index (χ2v) is 27.3. The van der Waals surface area contributed by atoms with Crippen molar-refractivity contribution in [1.82, 2.24) is 44.1 Å². The normalized spacial score (nSPS) is 24.2. The van der Waals surface area contributed by atoms with Crippen molar-refractivity contribution in [3.63, 3.8) is 0 Å². The summed E-state index contributed by atoms with van der Waals surface area (Å²) in [5.74, 6) is -0.608. The quantitative estimate of drug-likeness (QED) is 0.0420. The van der Waals surface area contributed by atoms with E-state index in [9.17, 15) is 19.6 Å². The number of nitrogens with zero attached hydrogens (tertiary/aromatic N) is 8. The minimum absolute atomic E-state index is 0.0169. The number of ether oxygens (including phenoxy) is 2. The van der Waals surface area contributed by atoms with Gasteiger partial charge >= 0.3 is 0 Å². The molecule has 364 valence electrons. The van der Waals surface area contributed by atoms with Crippen LogP contribution < -0.4 is 21.7 Å². The molecule has 0 aliphatic carbocycles. The van der Waals surface area contributed by atoms with Gasteiger partial charge in [0.25, 0.3) is 18.1 Å². The Kier molecular flexibility index (Phi) is 16.3. The predicted molar refractivity (Wildman–Crippen MR) is 262 cm³/mol. The third-order valence-corrected chi connectivity index (χ3v) is 20.1. The Morgan fingerprint density at radius 1 is 1.03 bits per heavy atom. The number of carbonyl (C=O) groups is 2. The Morgan fingerprint density at radius 3 is 2.40 bits per heavy atom. The average molecular weight is 1030 g/mol. The smallest absolute Gasteiger partial charge is 0.279 e. The number of aromatic nitrogens is 8. The second kappa shape index (κ2) is 21.4. The van der Waals surface area contributed by atoms with Crippen LogP contribution in [0.5, 0.6) is 0 Å². The highest BCUT2D eigenvalue weighted by atomic mass is 32.5. The summed E-state index contributed by atoms with van der Waals surface area (Å²) in [6, 6.07) is 9.49. The zero-order valence-electron chi connectivity index (χ0n) is 38.9. The Labute approximate surface area is 405 Å². The number of benzene rings is 1. The summed E-state index contributed by atoms with van der Waals surface area (Å²) in [5.41, 5.74) is 7.81. The average Bonchev–Trinajstić information content (AvgIpc) is 4.06. The highest BCUT2D eigenvalue weighted by Gasteiger charge is 2.53. The van der Waals surface area contributed by atoms with Crippen molar-refractivity contribution < 1.29 is 37.1 Å². The fourth-order valence-electron chi connectivity index (χ4n) is 7.58. The van der Waals surface area contributed by atoms with Crippen LogP contribution in [-0.4, -0.2) is 109 Å². The van der Waals surface area contributed by atoms with Gasteiger partial charge in [-0.05, 0) is 53.9 Å². The van der Waals surface area contributed by atoms with E-state index in [4.69, 9.17) is 56.8 Å². The second-order valence-electron chi connectivity index (χ2n) is 18.5. The molecule has 0 spiro atoms. The molecule has 1 aromatic carbocycles. The number of nitrogens with two attached hydrogens (primary N) is 1. The Hall–Kier alpha value is -4.18. The molecule has 0 saturated carbocycles. The van der Waals surface area contributed by atoms with Crippen LogP contribution in [-0.2, 0) is 62.3 Å². The van der Waals surface area contributed by atoms with Gasteiger partial charge in [0.15, 0.2) is 42.7 Å². The van der Waals surface area contributed by atoms with Crippen molar-refractivity contribution in [3.05, 3.63) is 71.1 Å². The van der Waals surface area contributed by atoms with E-state index >= 15 is 0 Å². The van der Waals surface area contributed by atoms with Gasteiger partial charge in [-0.15, -0.1) is 0 Å². The minimum atomic E-state index is -3.61. The highest BCUT2D eigenvalue weighted by Crippen LogP contribution is 2.50. The first-order valence-electron chi connectivity index (χ1n) is 22.0. The van der Waals surface area contributed by atoms with Crippen LogP contribution >= 0.6 is 14.2 Å². The summed E-state index contributed by atoms with van der Waals surface area (Å²) in [4.78, 5) is 64.0. The van der Waals surface area contributed by atoms with Crippen LogP contribution in [0.3, 0.4) is 0 Å². The van der Waals surface area contributed by atoms with E-state index < -0.39 is 63.4 Å². The molecular formula is C42H56N12O9P2S2Si. The molecule has 26 heteroatoms. The van der Waals surface area contributed by atoms with E-state index in [2.05, 4.69) is 80.2 Å². The number of carbonyl (C=O) groups excluding carboxylic acids is 2. The number of imidazole rings is 2. The van der Waals surface area contributed by atoms with Gasteiger partial charge in [-0.3, -0.25) is 23.5 Å². The van der Waals surface area contributed by atoms with Crippen molar-refractivity contribution >= 4 is 86.0 Å². The zero-order valence-corrected chi connectivity index (χ0v) is 43.3. The Balaban J connectivity index is 1.19. The lowest BCUT2D eigenvalue weighted by Crippen LogP contribution is -2.52. The lowest BCUT2D eigenvalue weighted by atomic mass is 10.0. The largest absolute Gasteiger partial charge is 0.408 e. The molecule has 6 heterocycles. The molecule has 1 unspecified atom stereocenters. The molecule has 68 heavy (non-hydrogen) atoms. The van der Waals surface area contributed by atoms with E-state index in [1.807, 2.05) is 13.0 Å². The van der Waals surface area contributed by atoms with Gasteiger partial charge in [0, 0.05) is 23.4 Å². The predicted octanol–water partition coefficient (Wildman–Crippen LogP) is 5.60. The van der Waals surface area contributed by atoms with Gasteiger partial charge in [-0.25, -0.2) is 30.0 Å². The molecule has 5 aromatic rings. The maximum atomic E-state index is 13.2. The molecule has 2 aliphatic rings. The van der Waals surface area contributed by atoms with Crippen molar-refractivity contribution in [2.24, 2.45) is 17.6 Å². The van der Waals surface area contributed by atoms with Crippen LogP contribution in [0.15, 0.2) is 54.1 Å². The molecule has 2 saturated heterocycles. The van der Waals surface area contributed by atoms with E-state index in [1.165, 1.54) is 12.7 Å². The summed E-state index contributed by atoms with van der Waals surface area (Å²) in [7, 11) is -2.41. The zero-order chi connectivity index (χ0) is 49.1. The van der Waals surface area contributed by atoms with Gasteiger partial charge in [-0.2, -0.15) is 5.26 Å². The number of ketones is 1. The molecule has 0 bridgehead atoms. The molecule has 9 atom stereocenters. The number of anilines is 1. The third-order valence-electron chi connectivity index (χ3n) is 12.5. The molecule has 2 aliphatic heterocycles. The van der Waals surface area contributed by atoms with Crippen molar-refractivity contribution in [3.8, 4) is 6.07 Å². The first kappa shape index (κ1) is 51.7. The molecule has 2 fully saturated rings.